The highest BCUT2D eigenvalue weighted by Crippen LogP contribution is 2.52. The number of rotatable bonds is 4. The van der Waals surface area contributed by atoms with Crippen molar-refractivity contribution in [3.05, 3.63) is 0 Å². The van der Waals surface area contributed by atoms with E-state index in [1.807, 2.05) is 4.90 Å². The van der Waals surface area contributed by atoms with Gasteiger partial charge in [0.25, 0.3) is 0 Å². The number of amides is 1. The summed E-state index contributed by atoms with van der Waals surface area (Å²) in [6, 6.07) is 0. The fourth-order valence-electron chi connectivity index (χ4n) is 2.56. The van der Waals surface area contributed by atoms with Crippen molar-refractivity contribution < 1.29 is 9.53 Å². The van der Waals surface area contributed by atoms with Crippen LogP contribution in [0.2, 0.25) is 0 Å². The minimum atomic E-state index is 0.250. The molecule has 1 saturated carbocycles. The maximum absolute atomic E-state index is 12.2. The summed E-state index contributed by atoms with van der Waals surface area (Å²) in [6.07, 6.45) is 3.40. The molecule has 3 nitrogen and oxygen atoms in total. The molecule has 17 heavy (non-hydrogen) atoms. The number of ether oxygens (including phenoxy) is 1. The van der Waals surface area contributed by atoms with Crippen molar-refractivity contribution >= 4 is 21.8 Å². The number of carbonyl (C=O) groups excluding carboxylic acids is 1. The van der Waals surface area contributed by atoms with Crippen LogP contribution in [0.15, 0.2) is 0 Å². The Morgan fingerprint density at radius 1 is 1.41 bits per heavy atom. The van der Waals surface area contributed by atoms with Crippen LogP contribution in [0.3, 0.4) is 0 Å². The fourth-order valence-corrected chi connectivity index (χ4v) is 2.75. The minimum Gasteiger partial charge on any atom is -0.377 e. The van der Waals surface area contributed by atoms with E-state index < -0.39 is 0 Å². The molecule has 1 aliphatic heterocycles. The van der Waals surface area contributed by atoms with Gasteiger partial charge in [-0.25, -0.2) is 0 Å². The molecule has 0 spiro atoms. The predicted molar refractivity (Wildman–Crippen MR) is 71.2 cm³/mol. The Balaban J connectivity index is 1.74. The topological polar surface area (TPSA) is 29.5 Å². The van der Waals surface area contributed by atoms with Crippen LogP contribution in [0.5, 0.6) is 0 Å². The van der Waals surface area contributed by atoms with Gasteiger partial charge < -0.3 is 9.64 Å². The van der Waals surface area contributed by atoms with Gasteiger partial charge in [0, 0.05) is 24.3 Å². The van der Waals surface area contributed by atoms with Gasteiger partial charge >= 0.3 is 0 Å². The van der Waals surface area contributed by atoms with Crippen LogP contribution in [0, 0.1) is 11.3 Å². The first kappa shape index (κ1) is 13.3. The van der Waals surface area contributed by atoms with Crippen molar-refractivity contribution in [2.75, 3.05) is 25.0 Å². The summed E-state index contributed by atoms with van der Waals surface area (Å²) < 4.78 is 5.69. The molecule has 0 bridgehead atoms. The van der Waals surface area contributed by atoms with E-state index in [0.717, 1.165) is 44.3 Å². The van der Waals surface area contributed by atoms with Crippen LogP contribution in [0.25, 0.3) is 0 Å². The average molecular weight is 304 g/mol. The Morgan fingerprint density at radius 2 is 2.00 bits per heavy atom. The standard InChI is InChI=1S/C13H22BrNO2/c1-13(2)9-11(13)12(16)15-6-3-10(4-7-15)17-8-5-14/h10-11H,3-9H2,1-2H3. The summed E-state index contributed by atoms with van der Waals surface area (Å²) in [6.45, 7) is 6.88. The summed E-state index contributed by atoms with van der Waals surface area (Å²) in [5.41, 5.74) is 0.250. The van der Waals surface area contributed by atoms with Gasteiger partial charge in [-0.1, -0.05) is 29.8 Å². The second-order valence-electron chi connectivity index (χ2n) is 5.83. The minimum absolute atomic E-state index is 0.250. The molecule has 1 saturated heterocycles. The zero-order valence-electron chi connectivity index (χ0n) is 10.7. The molecule has 1 amide bonds. The monoisotopic (exact) mass is 303 g/mol. The third-order valence-electron chi connectivity index (χ3n) is 4.00. The van der Waals surface area contributed by atoms with E-state index in [2.05, 4.69) is 29.8 Å². The molecule has 2 aliphatic rings. The molecule has 98 valence electrons. The Labute approximate surface area is 112 Å². The van der Waals surface area contributed by atoms with Crippen LogP contribution >= 0.6 is 15.9 Å². The highest BCUT2D eigenvalue weighted by molar-refractivity contribution is 9.09. The number of hydrogen-bond donors (Lipinski definition) is 0. The molecule has 0 aromatic rings. The molecule has 2 fully saturated rings. The van der Waals surface area contributed by atoms with Gasteiger partial charge in [0.15, 0.2) is 0 Å². The van der Waals surface area contributed by atoms with E-state index in [-0.39, 0.29) is 11.3 Å². The number of piperidine rings is 1. The molecule has 2 rings (SSSR count). The molecule has 0 N–H and O–H groups in total. The first-order chi connectivity index (χ1) is 8.04. The number of carbonyl (C=O) groups is 1. The Morgan fingerprint density at radius 3 is 2.47 bits per heavy atom. The van der Waals surface area contributed by atoms with E-state index >= 15 is 0 Å². The average Bonchev–Trinajstić information content (AvgIpc) is 2.95. The summed E-state index contributed by atoms with van der Waals surface area (Å²) >= 11 is 3.36. The van der Waals surface area contributed by atoms with Crippen LogP contribution in [0.1, 0.15) is 33.1 Å². The van der Waals surface area contributed by atoms with Crippen molar-refractivity contribution in [2.24, 2.45) is 11.3 Å². The molecule has 0 aromatic heterocycles. The molecule has 1 aliphatic carbocycles. The van der Waals surface area contributed by atoms with Gasteiger partial charge in [0.1, 0.15) is 0 Å². The van der Waals surface area contributed by atoms with Crippen molar-refractivity contribution in [1.29, 1.82) is 0 Å². The van der Waals surface area contributed by atoms with Crippen LogP contribution < -0.4 is 0 Å². The van der Waals surface area contributed by atoms with Gasteiger partial charge in [-0.2, -0.15) is 0 Å². The predicted octanol–water partition coefficient (Wildman–Crippen LogP) is 2.44. The second-order valence-corrected chi connectivity index (χ2v) is 6.62. The Hall–Kier alpha value is -0.0900. The van der Waals surface area contributed by atoms with Crippen molar-refractivity contribution in [3.8, 4) is 0 Å². The third kappa shape index (κ3) is 3.22. The van der Waals surface area contributed by atoms with Crippen LogP contribution in [-0.2, 0) is 9.53 Å². The zero-order valence-corrected chi connectivity index (χ0v) is 12.3. The molecule has 4 heteroatoms. The summed E-state index contributed by atoms with van der Waals surface area (Å²) in [7, 11) is 0. The quantitative estimate of drug-likeness (QED) is 0.747. The number of likely N-dealkylation sites (tertiary alicyclic amines) is 1. The zero-order chi connectivity index (χ0) is 12.5. The maximum atomic E-state index is 12.2. The van der Waals surface area contributed by atoms with E-state index in [0.29, 0.717) is 12.0 Å². The van der Waals surface area contributed by atoms with E-state index in [4.69, 9.17) is 4.74 Å². The number of halogens is 1. The van der Waals surface area contributed by atoms with E-state index in [1.54, 1.807) is 0 Å². The third-order valence-corrected chi connectivity index (χ3v) is 4.32. The Kier molecular flexibility index (Phi) is 4.14. The van der Waals surface area contributed by atoms with Gasteiger partial charge in [0.2, 0.25) is 5.91 Å². The first-order valence-electron chi connectivity index (χ1n) is 6.51. The lowest BCUT2D eigenvalue weighted by atomic mass is 10.1. The van der Waals surface area contributed by atoms with Gasteiger partial charge in [-0.15, -0.1) is 0 Å². The van der Waals surface area contributed by atoms with Crippen molar-refractivity contribution in [1.82, 2.24) is 4.90 Å². The first-order valence-corrected chi connectivity index (χ1v) is 7.63. The van der Waals surface area contributed by atoms with Gasteiger partial charge in [0.05, 0.1) is 12.7 Å². The van der Waals surface area contributed by atoms with Gasteiger partial charge in [-0.3, -0.25) is 4.79 Å². The molecule has 1 unspecified atom stereocenters. The maximum Gasteiger partial charge on any atom is 0.226 e. The molecular formula is C13H22BrNO2. The van der Waals surface area contributed by atoms with E-state index in [9.17, 15) is 4.79 Å². The summed E-state index contributed by atoms with van der Waals surface area (Å²) in [5.74, 6) is 0.649. The molecule has 1 heterocycles. The lowest BCUT2D eigenvalue weighted by molar-refractivity contribution is -0.135. The SMILES string of the molecule is CC1(C)CC1C(=O)N1CCC(OCCBr)CC1. The highest BCUT2D eigenvalue weighted by Gasteiger charge is 2.52. The summed E-state index contributed by atoms with van der Waals surface area (Å²) in [5, 5.41) is 0.891. The summed E-state index contributed by atoms with van der Waals surface area (Å²) in [4.78, 5) is 14.2. The fraction of sp³-hybridized carbons (Fsp3) is 0.923. The lowest BCUT2D eigenvalue weighted by Gasteiger charge is -2.32. The van der Waals surface area contributed by atoms with Gasteiger partial charge in [-0.05, 0) is 24.7 Å². The molecule has 1 atom stereocenters. The Bertz CT molecular complexity index is 285. The molecular weight excluding hydrogens is 282 g/mol. The van der Waals surface area contributed by atoms with Crippen LogP contribution in [-0.4, -0.2) is 41.9 Å². The smallest absolute Gasteiger partial charge is 0.226 e. The molecule has 0 aromatic carbocycles. The highest BCUT2D eigenvalue weighted by atomic mass is 79.9. The number of alkyl halides is 1. The van der Waals surface area contributed by atoms with Crippen molar-refractivity contribution in [3.63, 3.8) is 0 Å². The number of hydrogen-bond acceptors (Lipinski definition) is 2. The van der Waals surface area contributed by atoms with Crippen LogP contribution in [0.4, 0.5) is 0 Å². The van der Waals surface area contributed by atoms with Crippen molar-refractivity contribution in [2.45, 2.75) is 39.2 Å². The normalized spacial score (nSPS) is 28.2. The largest absolute Gasteiger partial charge is 0.377 e. The molecule has 0 radical (unpaired) electrons. The lowest BCUT2D eigenvalue weighted by Crippen LogP contribution is -2.42. The number of nitrogens with zero attached hydrogens (tertiary/aromatic N) is 1. The van der Waals surface area contributed by atoms with E-state index in [1.165, 1.54) is 0 Å². The second kappa shape index (κ2) is 5.27.